The van der Waals surface area contributed by atoms with E-state index < -0.39 is 5.82 Å². The number of nitrogens with one attached hydrogen (secondary N) is 1. The first-order valence-corrected chi connectivity index (χ1v) is 8.39. The maximum Gasteiger partial charge on any atom is 0.224 e. The summed E-state index contributed by atoms with van der Waals surface area (Å²) in [6, 6.07) is 4.68. The molecular weight excluding hydrogens is 301 g/mol. The summed E-state index contributed by atoms with van der Waals surface area (Å²) in [5.74, 6) is -0.104. The van der Waals surface area contributed by atoms with Gasteiger partial charge < -0.3 is 5.32 Å². The van der Waals surface area contributed by atoms with Gasteiger partial charge in [0.1, 0.15) is 5.82 Å². The highest BCUT2D eigenvalue weighted by Crippen LogP contribution is 2.38. The minimum Gasteiger partial charge on any atom is -0.353 e. The maximum absolute atomic E-state index is 13.8. The third-order valence-corrected chi connectivity index (χ3v) is 4.98. The van der Waals surface area contributed by atoms with Crippen molar-refractivity contribution in [1.82, 2.24) is 5.32 Å². The summed E-state index contributed by atoms with van der Waals surface area (Å²) in [6.45, 7) is 6.65. The van der Waals surface area contributed by atoms with Gasteiger partial charge in [0.15, 0.2) is 0 Å². The van der Waals surface area contributed by atoms with E-state index in [4.69, 9.17) is 11.6 Å². The predicted octanol–water partition coefficient (Wildman–Crippen LogP) is 4.74. The zero-order chi connectivity index (χ0) is 16.3. The van der Waals surface area contributed by atoms with Crippen LogP contribution in [0.15, 0.2) is 18.2 Å². The average molecular weight is 326 g/mol. The topological polar surface area (TPSA) is 29.1 Å². The number of amides is 1. The highest BCUT2D eigenvalue weighted by Gasteiger charge is 2.34. The van der Waals surface area contributed by atoms with Crippen LogP contribution in [0.2, 0.25) is 5.02 Å². The molecule has 1 N–H and O–H groups in total. The summed E-state index contributed by atoms with van der Waals surface area (Å²) < 4.78 is 13.8. The van der Waals surface area contributed by atoms with E-state index in [1.165, 1.54) is 12.5 Å². The lowest BCUT2D eigenvalue weighted by molar-refractivity contribution is -0.122. The molecule has 1 amide bonds. The molecule has 0 saturated heterocycles. The van der Waals surface area contributed by atoms with Gasteiger partial charge in [-0.15, -0.1) is 0 Å². The smallest absolute Gasteiger partial charge is 0.224 e. The quantitative estimate of drug-likeness (QED) is 0.854. The predicted molar refractivity (Wildman–Crippen MR) is 88.5 cm³/mol. The Morgan fingerprint density at radius 2 is 2.00 bits per heavy atom. The fourth-order valence-corrected chi connectivity index (χ4v) is 3.69. The SMILES string of the molecule is CC(C)(C)[C@H]1CCCC[C@@H]1NC(=O)Cc1c(F)cccc1Cl. The molecule has 1 aromatic rings. The molecule has 2 nitrogen and oxygen atoms in total. The lowest BCUT2D eigenvalue weighted by Crippen LogP contribution is -2.47. The van der Waals surface area contributed by atoms with E-state index in [1.54, 1.807) is 12.1 Å². The van der Waals surface area contributed by atoms with Crippen LogP contribution in [0.5, 0.6) is 0 Å². The number of carbonyl (C=O) groups excluding carboxylic acids is 1. The monoisotopic (exact) mass is 325 g/mol. The fraction of sp³-hybridized carbons (Fsp3) is 0.611. The van der Waals surface area contributed by atoms with Gasteiger partial charge in [-0.25, -0.2) is 4.39 Å². The molecule has 22 heavy (non-hydrogen) atoms. The molecule has 122 valence electrons. The number of hydrogen-bond donors (Lipinski definition) is 1. The molecule has 1 aromatic carbocycles. The molecule has 0 unspecified atom stereocenters. The molecule has 0 heterocycles. The van der Waals surface area contributed by atoms with Gasteiger partial charge in [-0.1, -0.05) is 51.3 Å². The van der Waals surface area contributed by atoms with Crippen LogP contribution >= 0.6 is 11.6 Å². The molecule has 1 fully saturated rings. The largest absolute Gasteiger partial charge is 0.353 e. The Hall–Kier alpha value is -1.09. The van der Waals surface area contributed by atoms with Crippen molar-refractivity contribution in [3.8, 4) is 0 Å². The summed E-state index contributed by atoms with van der Waals surface area (Å²) >= 11 is 6.00. The number of hydrogen-bond acceptors (Lipinski definition) is 1. The maximum atomic E-state index is 13.8. The van der Waals surface area contributed by atoms with Crippen molar-refractivity contribution < 1.29 is 9.18 Å². The molecule has 1 saturated carbocycles. The lowest BCUT2D eigenvalue weighted by atomic mass is 9.69. The van der Waals surface area contributed by atoms with Gasteiger partial charge in [0.05, 0.1) is 6.42 Å². The van der Waals surface area contributed by atoms with Crippen molar-refractivity contribution >= 4 is 17.5 Å². The standard InChI is InChI=1S/C18H25ClFNO/c1-18(2,3)13-7-4-5-10-16(13)21-17(22)11-12-14(19)8-6-9-15(12)20/h6,8-9,13,16H,4-5,7,10-11H2,1-3H3,(H,21,22)/t13-,16-/m0/s1. The normalized spacial score (nSPS) is 22.4. The van der Waals surface area contributed by atoms with Crippen LogP contribution in [0.4, 0.5) is 4.39 Å². The van der Waals surface area contributed by atoms with Crippen molar-refractivity contribution in [2.75, 3.05) is 0 Å². The van der Waals surface area contributed by atoms with E-state index in [0.717, 1.165) is 19.3 Å². The zero-order valence-electron chi connectivity index (χ0n) is 13.6. The van der Waals surface area contributed by atoms with Crippen LogP contribution in [0.3, 0.4) is 0 Å². The highest BCUT2D eigenvalue weighted by molar-refractivity contribution is 6.31. The van der Waals surface area contributed by atoms with Crippen molar-refractivity contribution in [2.45, 2.75) is 58.9 Å². The number of benzene rings is 1. The average Bonchev–Trinajstić information content (AvgIpc) is 2.42. The van der Waals surface area contributed by atoms with Crippen molar-refractivity contribution in [1.29, 1.82) is 0 Å². The Bertz CT molecular complexity index is 518. The third-order valence-electron chi connectivity index (χ3n) is 4.62. The van der Waals surface area contributed by atoms with Crippen molar-refractivity contribution in [2.24, 2.45) is 11.3 Å². The van der Waals surface area contributed by atoms with Crippen LogP contribution in [0, 0.1) is 17.2 Å². The second-order valence-corrected chi connectivity index (χ2v) is 7.72. The summed E-state index contributed by atoms with van der Waals surface area (Å²) in [5.41, 5.74) is 0.443. The minimum absolute atomic E-state index is 0.00112. The fourth-order valence-electron chi connectivity index (χ4n) is 3.46. The van der Waals surface area contributed by atoms with E-state index in [9.17, 15) is 9.18 Å². The van der Waals surface area contributed by atoms with Crippen LogP contribution in [0.25, 0.3) is 0 Å². The first-order valence-electron chi connectivity index (χ1n) is 8.01. The van der Waals surface area contributed by atoms with Gasteiger partial charge in [-0.05, 0) is 36.3 Å². The summed E-state index contributed by atoms with van der Waals surface area (Å²) in [5, 5.41) is 3.43. The van der Waals surface area contributed by atoms with E-state index in [2.05, 4.69) is 26.1 Å². The Labute approximate surface area is 137 Å². The van der Waals surface area contributed by atoms with Gasteiger partial charge in [-0.3, -0.25) is 4.79 Å². The van der Waals surface area contributed by atoms with Gasteiger partial charge in [0, 0.05) is 16.6 Å². The van der Waals surface area contributed by atoms with Crippen molar-refractivity contribution in [3.63, 3.8) is 0 Å². The lowest BCUT2D eigenvalue weighted by Gasteiger charge is -2.40. The molecule has 4 heteroatoms. The first-order chi connectivity index (χ1) is 10.3. The number of carbonyl (C=O) groups is 1. The van der Waals surface area contributed by atoms with Gasteiger partial charge >= 0.3 is 0 Å². The first kappa shape index (κ1) is 17.3. The summed E-state index contributed by atoms with van der Waals surface area (Å²) in [7, 11) is 0. The van der Waals surface area contributed by atoms with Gasteiger partial charge in [-0.2, -0.15) is 0 Å². The number of halogens is 2. The van der Waals surface area contributed by atoms with Gasteiger partial charge in [0.2, 0.25) is 5.91 Å². The number of rotatable bonds is 3. The zero-order valence-corrected chi connectivity index (χ0v) is 14.3. The molecule has 2 rings (SSSR count). The van der Waals surface area contributed by atoms with Gasteiger partial charge in [0.25, 0.3) is 0 Å². The van der Waals surface area contributed by atoms with E-state index in [-0.39, 0.29) is 29.3 Å². The molecule has 0 bridgehead atoms. The molecule has 0 spiro atoms. The van der Waals surface area contributed by atoms with Crippen LogP contribution in [-0.2, 0) is 11.2 Å². The second-order valence-electron chi connectivity index (χ2n) is 7.31. The van der Waals surface area contributed by atoms with E-state index in [0.29, 0.717) is 10.9 Å². The molecule has 0 aromatic heterocycles. The second kappa shape index (κ2) is 6.99. The molecule has 0 radical (unpaired) electrons. The highest BCUT2D eigenvalue weighted by atomic mass is 35.5. The Morgan fingerprint density at radius 1 is 1.32 bits per heavy atom. The molecule has 0 aliphatic heterocycles. The van der Waals surface area contributed by atoms with E-state index in [1.807, 2.05) is 0 Å². The Morgan fingerprint density at radius 3 is 2.64 bits per heavy atom. The summed E-state index contributed by atoms with van der Waals surface area (Å²) in [6.07, 6.45) is 4.48. The van der Waals surface area contributed by atoms with Crippen LogP contribution in [0.1, 0.15) is 52.0 Å². The molecule has 1 aliphatic rings. The third kappa shape index (κ3) is 4.22. The minimum atomic E-state index is -0.418. The van der Waals surface area contributed by atoms with Crippen LogP contribution in [-0.4, -0.2) is 11.9 Å². The molecule has 2 atom stereocenters. The molecule has 1 aliphatic carbocycles. The van der Waals surface area contributed by atoms with E-state index >= 15 is 0 Å². The summed E-state index contributed by atoms with van der Waals surface area (Å²) in [4.78, 5) is 12.3. The molecular formula is C18H25ClFNO. The van der Waals surface area contributed by atoms with Crippen molar-refractivity contribution in [3.05, 3.63) is 34.6 Å². The Kier molecular flexibility index (Phi) is 5.49. The van der Waals surface area contributed by atoms with Crippen LogP contribution < -0.4 is 5.32 Å². The Balaban J connectivity index is 2.04.